The molecule has 0 aliphatic heterocycles. The number of hydrazone groups is 1. The second kappa shape index (κ2) is 8.06. The Bertz CT molecular complexity index is 742. The van der Waals surface area contributed by atoms with Gasteiger partial charge in [-0.15, -0.1) is 0 Å². The Morgan fingerprint density at radius 3 is 2.62 bits per heavy atom. The maximum atomic E-state index is 12.0. The second-order valence-electron chi connectivity index (χ2n) is 4.76. The van der Waals surface area contributed by atoms with Crippen LogP contribution in [0.3, 0.4) is 0 Å². The number of carbonyl (C=O) groups is 1. The van der Waals surface area contributed by atoms with Gasteiger partial charge in [0.25, 0.3) is 5.91 Å². The van der Waals surface area contributed by atoms with E-state index in [1.54, 1.807) is 44.4 Å². The van der Waals surface area contributed by atoms with Crippen molar-refractivity contribution in [3.05, 3.63) is 51.4 Å². The van der Waals surface area contributed by atoms with E-state index in [-0.39, 0.29) is 10.9 Å². The van der Waals surface area contributed by atoms with Crippen LogP contribution in [-0.4, -0.2) is 30.2 Å². The Hall–Kier alpha value is -2.94. The quantitative estimate of drug-likeness (QED) is 0.454. The molecular formula is C15H16N4O4S. The average Bonchev–Trinajstić information content (AvgIpc) is 3.04. The molecule has 1 heterocycles. The van der Waals surface area contributed by atoms with Crippen LogP contribution >= 0.6 is 11.3 Å². The minimum absolute atomic E-state index is 0.0253. The van der Waals surface area contributed by atoms with E-state index in [1.807, 2.05) is 0 Å². The fourth-order valence-corrected chi connectivity index (χ4v) is 2.46. The molecule has 2 rings (SSSR count). The van der Waals surface area contributed by atoms with Crippen molar-refractivity contribution in [1.29, 1.82) is 0 Å². The number of thiophene rings is 1. The van der Waals surface area contributed by atoms with Gasteiger partial charge in [-0.2, -0.15) is 5.10 Å². The number of hydrogen-bond acceptors (Lipinski definition) is 7. The zero-order valence-corrected chi connectivity index (χ0v) is 13.9. The molecule has 2 N–H and O–H groups in total. The normalized spacial score (nSPS) is 11.9. The number of rotatable bonds is 7. The summed E-state index contributed by atoms with van der Waals surface area (Å²) in [5.41, 5.74) is 3.17. The van der Waals surface area contributed by atoms with Gasteiger partial charge in [0.15, 0.2) is 0 Å². The van der Waals surface area contributed by atoms with Gasteiger partial charge in [-0.3, -0.25) is 14.9 Å². The highest BCUT2D eigenvalue weighted by Crippen LogP contribution is 2.22. The van der Waals surface area contributed by atoms with E-state index < -0.39 is 11.0 Å². The number of hydrogen-bond donors (Lipinski definition) is 2. The van der Waals surface area contributed by atoms with Crippen molar-refractivity contribution >= 4 is 34.1 Å². The van der Waals surface area contributed by atoms with Crippen LogP contribution in [0, 0.1) is 10.1 Å². The molecule has 9 heteroatoms. The van der Waals surface area contributed by atoms with Crippen LogP contribution in [0.4, 0.5) is 10.7 Å². The van der Waals surface area contributed by atoms with Gasteiger partial charge in [0.1, 0.15) is 11.8 Å². The molecule has 2 aromatic rings. The average molecular weight is 348 g/mol. The molecule has 0 bridgehead atoms. The van der Waals surface area contributed by atoms with Gasteiger partial charge in [-0.25, -0.2) is 5.43 Å². The van der Waals surface area contributed by atoms with Crippen LogP contribution < -0.4 is 15.5 Å². The van der Waals surface area contributed by atoms with Crippen LogP contribution in [0.2, 0.25) is 0 Å². The molecule has 126 valence electrons. The van der Waals surface area contributed by atoms with Crippen molar-refractivity contribution in [3.8, 4) is 5.75 Å². The smallest absolute Gasteiger partial charge is 0.324 e. The molecular weight excluding hydrogens is 332 g/mol. The van der Waals surface area contributed by atoms with E-state index in [9.17, 15) is 14.9 Å². The first-order valence-corrected chi connectivity index (χ1v) is 7.79. The lowest BCUT2D eigenvalue weighted by molar-refractivity contribution is -0.380. The third-order valence-corrected chi connectivity index (χ3v) is 4.00. The topological polar surface area (TPSA) is 106 Å². The maximum absolute atomic E-state index is 12.0. The fourth-order valence-electron chi connectivity index (χ4n) is 1.77. The first-order chi connectivity index (χ1) is 11.5. The van der Waals surface area contributed by atoms with E-state index in [1.165, 1.54) is 12.3 Å². The SMILES string of the molecule is COc1ccc(NC(C)C(=O)N/N=C/c2ccc([N+](=O)[O-])s2)cc1. The Labute approximate surface area is 142 Å². The van der Waals surface area contributed by atoms with Gasteiger partial charge in [0.2, 0.25) is 0 Å². The molecule has 0 spiro atoms. The fraction of sp³-hybridized carbons (Fsp3) is 0.200. The summed E-state index contributed by atoms with van der Waals surface area (Å²) in [7, 11) is 1.58. The number of anilines is 1. The first-order valence-electron chi connectivity index (χ1n) is 6.97. The highest BCUT2D eigenvalue weighted by molar-refractivity contribution is 7.16. The van der Waals surface area contributed by atoms with E-state index in [2.05, 4.69) is 15.8 Å². The molecule has 1 atom stereocenters. The molecule has 1 amide bonds. The molecule has 1 aromatic carbocycles. The highest BCUT2D eigenvalue weighted by Gasteiger charge is 2.12. The largest absolute Gasteiger partial charge is 0.497 e. The lowest BCUT2D eigenvalue weighted by Crippen LogP contribution is -2.34. The van der Waals surface area contributed by atoms with Crippen LogP contribution in [0.15, 0.2) is 41.5 Å². The number of nitrogens with one attached hydrogen (secondary N) is 2. The summed E-state index contributed by atoms with van der Waals surface area (Å²) in [6.45, 7) is 1.70. The summed E-state index contributed by atoms with van der Waals surface area (Å²) in [4.78, 5) is 22.7. The van der Waals surface area contributed by atoms with Crippen molar-refractivity contribution in [2.75, 3.05) is 12.4 Å². The Morgan fingerprint density at radius 2 is 2.04 bits per heavy atom. The van der Waals surface area contributed by atoms with Crippen molar-refractivity contribution in [2.24, 2.45) is 5.10 Å². The lowest BCUT2D eigenvalue weighted by Gasteiger charge is -2.13. The third-order valence-electron chi connectivity index (χ3n) is 3.03. The molecule has 1 aromatic heterocycles. The van der Waals surface area contributed by atoms with Crippen LogP contribution in [0.5, 0.6) is 5.75 Å². The van der Waals surface area contributed by atoms with Crippen LogP contribution in [0.1, 0.15) is 11.8 Å². The number of benzene rings is 1. The molecule has 1 unspecified atom stereocenters. The molecule has 0 aliphatic rings. The second-order valence-corrected chi connectivity index (χ2v) is 5.86. The molecule has 0 radical (unpaired) electrons. The summed E-state index contributed by atoms with van der Waals surface area (Å²) < 4.78 is 5.07. The molecule has 0 aliphatic carbocycles. The Kier molecular flexibility index (Phi) is 5.85. The summed E-state index contributed by atoms with van der Waals surface area (Å²) in [6.07, 6.45) is 1.37. The zero-order chi connectivity index (χ0) is 17.5. The van der Waals surface area contributed by atoms with Crippen molar-refractivity contribution < 1.29 is 14.5 Å². The third kappa shape index (κ3) is 4.78. The molecule has 0 saturated carbocycles. The first kappa shape index (κ1) is 17.4. The van der Waals surface area contributed by atoms with Crippen molar-refractivity contribution in [2.45, 2.75) is 13.0 Å². The minimum Gasteiger partial charge on any atom is -0.497 e. The summed E-state index contributed by atoms with van der Waals surface area (Å²) in [5, 5.41) is 17.5. The zero-order valence-electron chi connectivity index (χ0n) is 13.1. The summed E-state index contributed by atoms with van der Waals surface area (Å²) in [6, 6.07) is 9.63. The van der Waals surface area contributed by atoms with Gasteiger partial charge >= 0.3 is 5.00 Å². The number of amides is 1. The molecule has 0 fully saturated rings. The number of ether oxygens (including phenoxy) is 1. The number of nitro groups is 1. The van der Waals surface area contributed by atoms with E-state index in [4.69, 9.17) is 4.74 Å². The Balaban J connectivity index is 1.86. The van der Waals surface area contributed by atoms with Crippen molar-refractivity contribution in [3.63, 3.8) is 0 Å². The standard InChI is InChI=1S/C15H16N4O4S/c1-10(17-11-3-5-12(23-2)6-4-11)15(20)18-16-9-13-7-8-14(24-13)19(21)22/h3-10,17H,1-2H3,(H,18,20)/b16-9+. The number of carbonyl (C=O) groups excluding carboxylic acids is 1. The van der Waals surface area contributed by atoms with Gasteiger partial charge < -0.3 is 10.1 Å². The van der Waals surface area contributed by atoms with E-state index in [0.29, 0.717) is 4.88 Å². The van der Waals surface area contributed by atoms with Gasteiger partial charge in [-0.05, 0) is 37.3 Å². The van der Waals surface area contributed by atoms with E-state index >= 15 is 0 Å². The minimum atomic E-state index is -0.506. The monoisotopic (exact) mass is 348 g/mol. The van der Waals surface area contributed by atoms with Gasteiger partial charge in [0, 0.05) is 11.8 Å². The maximum Gasteiger partial charge on any atom is 0.324 e. The lowest BCUT2D eigenvalue weighted by atomic mass is 10.2. The molecule has 8 nitrogen and oxygen atoms in total. The predicted molar refractivity (Wildman–Crippen MR) is 92.8 cm³/mol. The van der Waals surface area contributed by atoms with Gasteiger partial charge in [-0.1, -0.05) is 11.3 Å². The van der Waals surface area contributed by atoms with Crippen LogP contribution in [0.25, 0.3) is 0 Å². The number of methoxy groups -OCH3 is 1. The van der Waals surface area contributed by atoms with Crippen molar-refractivity contribution in [1.82, 2.24) is 5.43 Å². The van der Waals surface area contributed by atoms with Gasteiger partial charge in [0.05, 0.1) is 23.1 Å². The highest BCUT2D eigenvalue weighted by atomic mass is 32.1. The predicted octanol–water partition coefficient (Wildman–Crippen LogP) is 2.62. The molecule has 24 heavy (non-hydrogen) atoms. The summed E-state index contributed by atoms with van der Waals surface area (Å²) >= 11 is 0.980. The van der Waals surface area contributed by atoms with Crippen LogP contribution in [-0.2, 0) is 4.79 Å². The van der Waals surface area contributed by atoms with E-state index in [0.717, 1.165) is 22.8 Å². The summed E-state index contributed by atoms with van der Waals surface area (Å²) in [5.74, 6) is 0.403. The number of nitrogens with zero attached hydrogens (tertiary/aromatic N) is 2. The Morgan fingerprint density at radius 1 is 1.33 bits per heavy atom. The molecule has 0 saturated heterocycles.